The number of hydrogen-bond donors (Lipinski definition) is 2. The van der Waals surface area contributed by atoms with Crippen LogP contribution in [0.4, 0.5) is 5.95 Å². The van der Waals surface area contributed by atoms with Crippen LogP contribution < -0.4 is 10.1 Å². The molecule has 0 saturated carbocycles. The molecule has 6 rings (SSSR count). The predicted molar refractivity (Wildman–Crippen MR) is 200 cm³/mol. The van der Waals surface area contributed by atoms with E-state index in [1.165, 1.54) is 11.1 Å². The van der Waals surface area contributed by atoms with Crippen LogP contribution in [0.5, 0.6) is 5.75 Å². The Labute approximate surface area is 303 Å². The minimum absolute atomic E-state index is 0.111. The Morgan fingerprint density at radius 3 is 2.08 bits per heavy atom. The molecule has 4 aromatic carbocycles. The van der Waals surface area contributed by atoms with Gasteiger partial charge in [-0.2, -0.15) is 5.10 Å². The molecular formula is C41H44N6O5. The van der Waals surface area contributed by atoms with E-state index in [4.69, 9.17) is 14.6 Å². The number of benzene rings is 4. The van der Waals surface area contributed by atoms with Crippen molar-refractivity contribution in [2.24, 2.45) is 0 Å². The largest absolute Gasteiger partial charge is 0.491 e. The van der Waals surface area contributed by atoms with E-state index in [1.807, 2.05) is 56.0 Å². The van der Waals surface area contributed by atoms with E-state index in [9.17, 15) is 14.7 Å². The van der Waals surface area contributed by atoms with Crippen molar-refractivity contribution in [3.63, 3.8) is 0 Å². The fourth-order valence-corrected chi connectivity index (χ4v) is 6.56. The molecule has 0 bridgehead atoms. The Balaban J connectivity index is 1.22. The number of aromatic nitrogens is 4. The average Bonchev–Trinajstić information content (AvgIpc) is 3.80. The molecule has 0 atom stereocenters. The molecule has 0 spiro atoms. The van der Waals surface area contributed by atoms with Crippen LogP contribution in [0, 0.1) is 0 Å². The van der Waals surface area contributed by atoms with Crippen LogP contribution in [0.25, 0.3) is 10.9 Å². The molecule has 2 N–H and O–H groups in total. The summed E-state index contributed by atoms with van der Waals surface area (Å²) >= 11 is 0. The molecule has 11 heteroatoms. The standard InChI is InChI=1S/C41H44N6O5/c1-40(2,3)52-45(30-48)23-14-26-51-36-28-31(38(49)50)27-32-29-44-47(37(32)36)24-13-21-42-39-43-22-25-46(39)41(33-15-7-4-8-16-33,34-17-9-5-10-18-34)35-19-11-6-12-20-35/h4-12,15-20,22,25,27-30H,13-14,21,23-24,26H2,1-3H3,(H,42,43)(H,49,50). The second-order valence-corrected chi connectivity index (χ2v) is 13.4. The van der Waals surface area contributed by atoms with Gasteiger partial charge in [0.25, 0.3) is 0 Å². The molecule has 0 radical (unpaired) electrons. The molecule has 6 aromatic rings. The molecule has 2 aromatic heterocycles. The highest BCUT2D eigenvalue weighted by atomic mass is 16.7. The van der Waals surface area contributed by atoms with E-state index in [-0.39, 0.29) is 12.2 Å². The first-order chi connectivity index (χ1) is 25.2. The molecule has 52 heavy (non-hydrogen) atoms. The van der Waals surface area contributed by atoms with Crippen LogP contribution in [0.1, 0.15) is 60.7 Å². The van der Waals surface area contributed by atoms with E-state index in [2.05, 4.69) is 87.8 Å². The van der Waals surface area contributed by atoms with Gasteiger partial charge in [0.1, 0.15) is 16.8 Å². The number of carboxylic acid groups (broad SMARTS) is 1. The van der Waals surface area contributed by atoms with Crippen LogP contribution in [0.3, 0.4) is 0 Å². The summed E-state index contributed by atoms with van der Waals surface area (Å²) in [7, 11) is 0. The summed E-state index contributed by atoms with van der Waals surface area (Å²) in [4.78, 5) is 33.8. The van der Waals surface area contributed by atoms with Crippen molar-refractivity contribution in [2.45, 2.75) is 51.3 Å². The number of anilines is 1. The van der Waals surface area contributed by atoms with E-state index >= 15 is 0 Å². The summed E-state index contributed by atoms with van der Waals surface area (Å²) in [5.41, 5.74) is 2.91. The number of nitrogens with one attached hydrogen (secondary N) is 1. The lowest BCUT2D eigenvalue weighted by molar-refractivity contribution is -0.216. The average molecular weight is 701 g/mol. The minimum atomic E-state index is -1.05. The number of nitrogens with zero attached hydrogens (tertiary/aromatic N) is 5. The smallest absolute Gasteiger partial charge is 0.335 e. The van der Waals surface area contributed by atoms with Crippen LogP contribution in [0.2, 0.25) is 0 Å². The lowest BCUT2D eigenvalue weighted by Gasteiger charge is -2.38. The van der Waals surface area contributed by atoms with Gasteiger partial charge >= 0.3 is 5.97 Å². The van der Waals surface area contributed by atoms with Crippen LogP contribution in [0.15, 0.2) is 122 Å². The first-order valence-corrected chi connectivity index (χ1v) is 17.4. The minimum Gasteiger partial charge on any atom is -0.491 e. The lowest BCUT2D eigenvalue weighted by atomic mass is 9.76. The molecule has 0 fully saturated rings. The van der Waals surface area contributed by atoms with Gasteiger partial charge in [0.15, 0.2) is 0 Å². The maximum atomic E-state index is 11.9. The molecule has 11 nitrogen and oxygen atoms in total. The Bertz CT molecular complexity index is 1980. The quantitative estimate of drug-likeness (QED) is 0.0442. The molecule has 2 heterocycles. The number of hydrogen-bond acceptors (Lipinski definition) is 7. The third kappa shape index (κ3) is 7.84. The second-order valence-electron chi connectivity index (χ2n) is 13.4. The van der Waals surface area contributed by atoms with E-state index in [1.54, 1.807) is 12.3 Å². The number of imidazole rings is 1. The Morgan fingerprint density at radius 1 is 0.904 bits per heavy atom. The van der Waals surface area contributed by atoms with Crippen LogP contribution in [-0.2, 0) is 21.7 Å². The lowest BCUT2D eigenvalue weighted by Crippen LogP contribution is -2.38. The molecule has 0 aliphatic carbocycles. The third-order valence-corrected chi connectivity index (χ3v) is 8.64. The van der Waals surface area contributed by atoms with Gasteiger partial charge in [-0.15, -0.1) is 0 Å². The van der Waals surface area contributed by atoms with Crippen LogP contribution in [-0.4, -0.2) is 67.2 Å². The monoisotopic (exact) mass is 700 g/mol. The summed E-state index contributed by atoms with van der Waals surface area (Å²) < 4.78 is 10.2. The first kappa shape index (κ1) is 35.9. The molecule has 0 aliphatic rings. The zero-order chi connectivity index (χ0) is 36.6. The predicted octanol–water partition coefficient (Wildman–Crippen LogP) is 7.23. The molecule has 268 valence electrons. The number of carbonyl (C=O) groups excluding carboxylic acids is 1. The summed E-state index contributed by atoms with van der Waals surface area (Å²) in [5, 5.41) is 19.9. The maximum Gasteiger partial charge on any atom is 0.335 e. The maximum absolute atomic E-state index is 11.9. The van der Waals surface area contributed by atoms with E-state index < -0.39 is 17.1 Å². The SMILES string of the molecule is CC(C)(C)ON(C=O)CCCOc1cc(C(=O)O)cc2cnn(CCCNc3nccn3C(c3ccccc3)(c3ccccc3)c3ccccc3)c12. The van der Waals surface area contributed by atoms with Gasteiger partial charge in [-0.25, -0.2) is 14.8 Å². The van der Waals surface area contributed by atoms with Gasteiger partial charge < -0.3 is 15.2 Å². The fraction of sp³-hybridized carbons (Fsp3) is 0.268. The number of aromatic carboxylic acids is 1. The number of amides is 1. The van der Waals surface area contributed by atoms with Crippen LogP contribution >= 0.6 is 0 Å². The Morgan fingerprint density at radius 2 is 1.52 bits per heavy atom. The Kier molecular flexibility index (Phi) is 11.0. The molecule has 0 aliphatic heterocycles. The van der Waals surface area contributed by atoms with Gasteiger partial charge in [-0.05, 0) is 56.0 Å². The summed E-state index contributed by atoms with van der Waals surface area (Å²) in [5.74, 6) is 0.0861. The summed E-state index contributed by atoms with van der Waals surface area (Å²) in [6.07, 6.45) is 7.32. The third-order valence-electron chi connectivity index (χ3n) is 8.64. The Hall–Kier alpha value is -5.94. The van der Waals surface area contributed by atoms with Gasteiger partial charge in [0.2, 0.25) is 12.4 Å². The number of hydroxylamine groups is 2. The fourth-order valence-electron chi connectivity index (χ4n) is 6.56. The van der Waals surface area contributed by atoms with Gasteiger partial charge in [-0.3, -0.25) is 18.9 Å². The van der Waals surface area contributed by atoms with E-state index in [0.717, 1.165) is 22.6 Å². The number of fused-ring (bicyclic) bond motifs is 1. The normalized spacial score (nSPS) is 11.8. The molecule has 0 saturated heterocycles. The zero-order valence-electron chi connectivity index (χ0n) is 29.7. The van der Waals surface area contributed by atoms with Crippen molar-refractivity contribution < 1.29 is 24.3 Å². The van der Waals surface area contributed by atoms with E-state index in [0.29, 0.717) is 55.5 Å². The van der Waals surface area contributed by atoms with Crippen molar-refractivity contribution >= 4 is 29.2 Å². The highest BCUT2D eigenvalue weighted by molar-refractivity contribution is 5.96. The van der Waals surface area contributed by atoms with Crippen molar-refractivity contribution in [1.82, 2.24) is 24.4 Å². The van der Waals surface area contributed by atoms with Gasteiger partial charge in [0, 0.05) is 37.3 Å². The number of rotatable bonds is 17. The highest BCUT2D eigenvalue weighted by Crippen LogP contribution is 2.42. The number of aryl methyl sites for hydroxylation is 1. The topological polar surface area (TPSA) is 124 Å². The molecule has 1 amide bonds. The second kappa shape index (κ2) is 15.9. The van der Waals surface area contributed by atoms with Crippen molar-refractivity contribution in [2.75, 3.05) is 25.0 Å². The van der Waals surface area contributed by atoms with Gasteiger partial charge in [-0.1, -0.05) is 91.0 Å². The molecular weight excluding hydrogens is 656 g/mol. The van der Waals surface area contributed by atoms with Crippen molar-refractivity contribution in [1.29, 1.82) is 0 Å². The first-order valence-electron chi connectivity index (χ1n) is 17.4. The summed E-state index contributed by atoms with van der Waals surface area (Å²) in [6.45, 7) is 7.30. The summed E-state index contributed by atoms with van der Waals surface area (Å²) in [6, 6.07) is 34.5. The van der Waals surface area contributed by atoms with Crippen molar-refractivity contribution in [3.8, 4) is 5.75 Å². The number of carbonyl (C=O) groups is 2. The molecule has 0 unspecified atom stereocenters. The highest BCUT2D eigenvalue weighted by Gasteiger charge is 2.39. The number of ether oxygens (including phenoxy) is 1. The van der Waals surface area contributed by atoms with Gasteiger partial charge in [0.05, 0.1) is 30.5 Å². The van der Waals surface area contributed by atoms with Crippen molar-refractivity contribution in [3.05, 3.63) is 144 Å². The number of carboxylic acids is 1. The zero-order valence-corrected chi connectivity index (χ0v) is 29.7.